The molecular weight excluding hydrogens is 502 g/mol. The summed E-state index contributed by atoms with van der Waals surface area (Å²) in [5.74, 6) is 0. The van der Waals surface area contributed by atoms with Crippen molar-refractivity contribution in [2.45, 2.75) is 0 Å². The van der Waals surface area contributed by atoms with Crippen molar-refractivity contribution in [1.29, 1.82) is 0 Å². The third-order valence-corrected chi connectivity index (χ3v) is 7.98. The Bertz CT molecular complexity index is 2060. The zero-order valence-corrected chi connectivity index (χ0v) is 22.6. The highest BCUT2D eigenvalue weighted by molar-refractivity contribution is 6.22. The molecule has 0 aliphatic carbocycles. The smallest absolute Gasteiger partial charge is 0.0708 e. The Kier molecular flexibility index (Phi) is 5.94. The Morgan fingerprint density at radius 3 is 1.66 bits per heavy atom. The lowest BCUT2D eigenvalue weighted by Gasteiger charge is -2.21. The fourth-order valence-electron chi connectivity index (χ4n) is 6.06. The Morgan fingerprint density at radius 1 is 0.537 bits per heavy atom. The molecule has 4 nitrogen and oxygen atoms in total. The van der Waals surface area contributed by atoms with Crippen molar-refractivity contribution in [2.75, 3.05) is 17.8 Å². The van der Waals surface area contributed by atoms with Gasteiger partial charge in [0, 0.05) is 23.9 Å². The summed E-state index contributed by atoms with van der Waals surface area (Å²) in [6.07, 6.45) is 0. The largest absolute Gasteiger partial charge is 0.398 e. The molecule has 0 fully saturated rings. The lowest BCUT2D eigenvalue weighted by molar-refractivity contribution is 1.01. The fourth-order valence-corrected chi connectivity index (χ4v) is 6.06. The van der Waals surface area contributed by atoms with E-state index < -0.39 is 0 Å². The van der Waals surface area contributed by atoms with E-state index >= 15 is 0 Å². The van der Waals surface area contributed by atoms with Crippen LogP contribution in [-0.2, 0) is 0 Å². The molecule has 0 aromatic heterocycles. The number of hydrogen-bond donors (Lipinski definition) is 1. The van der Waals surface area contributed by atoms with Crippen LogP contribution in [0.5, 0.6) is 0 Å². The van der Waals surface area contributed by atoms with Crippen molar-refractivity contribution >= 4 is 43.7 Å². The van der Waals surface area contributed by atoms with Crippen LogP contribution in [0.25, 0.3) is 65.7 Å². The van der Waals surface area contributed by atoms with E-state index in [1.165, 1.54) is 37.7 Å². The molecule has 41 heavy (non-hydrogen) atoms. The van der Waals surface area contributed by atoms with E-state index in [-0.39, 0.29) is 0 Å². The van der Waals surface area contributed by atoms with Gasteiger partial charge in [0.2, 0.25) is 0 Å². The van der Waals surface area contributed by atoms with Crippen LogP contribution in [-0.4, -0.2) is 7.05 Å². The van der Waals surface area contributed by atoms with E-state index in [4.69, 9.17) is 5.73 Å². The van der Waals surface area contributed by atoms with Gasteiger partial charge >= 0.3 is 0 Å². The van der Waals surface area contributed by atoms with Crippen LogP contribution in [0.3, 0.4) is 0 Å². The molecule has 7 aromatic rings. The summed E-state index contributed by atoms with van der Waals surface area (Å²) in [6.45, 7) is 0. The molecule has 0 bridgehead atoms. The van der Waals surface area contributed by atoms with E-state index in [0.717, 1.165) is 33.0 Å². The van der Waals surface area contributed by atoms with Crippen LogP contribution in [0.4, 0.5) is 11.4 Å². The normalized spacial score (nSPS) is 11.2. The topological polar surface area (TPSA) is 58.7 Å². The first-order chi connectivity index (χ1) is 20.1. The number of fused-ring (bicyclic) bond motifs is 3. The molecule has 7 rings (SSSR count). The van der Waals surface area contributed by atoms with Gasteiger partial charge in [-0.1, -0.05) is 115 Å². The highest BCUT2D eigenvalue weighted by atomic mass is 16.3. The van der Waals surface area contributed by atoms with Crippen molar-refractivity contribution in [3.05, 3.63) is 138 Å². The van der Waals surface area contributed by atoms with Gasteiger partial charge in [-0.25, -0.2) is 5.01 Å². The molecule has 0 atom stereocenters. The molecule has 0 saturated heterocycles. The third-order valence-electron chi connectivity index (χ3n) is 7.98. The number of anilines is 2. The summed E-state index contributed by atoms with van der Waals surface area (Å²) in [6, 6.07) is 46.2. The van der Waals surface area contributed by atoms with Crippen LogP contribution in [0.2, 0.25) is 0 Å². The average Bonchev–Trinajstić information content (AvgIpc) is 3.03. The molecule has 0 aliphatic rings. The van der Waals surface area contributed by atoms with Gasteiger partial charge in [-0.15, -0.1) is 4.91 Å². The number of nitrogens with zero attached hydrogens (tertiary/aromatic N) is 2. The van der Waals surface area contributed by atoms with Crippen LogP contribution in [0.1, 0.15) is 0 Å². The van der Waals surface area contributed by atoms with Crippen LogP contribution in [0, 0.1) is 4.91 Å². The number of benzene rings is 7. The lowest BCUT2D eigenvalue weighted by Crippen LogP contribution is -2.09. The van der Waals surface area contributed by atoms with Gasteiger partial charge in [-0.05, 0) is 72.8 Å². The van der Waals surface area contributed by atoms with Gasteiger partial charge in [0.1, 0.15) is 0 Å². The zero-order chi connectivity index (χ0) is 27.9. The number of para-hydroxylation sites is 1. The molecule has 4 heteroatoms. The molecule has 0 amide bonds. The predicted molar refractivity (Wildman–Crippen MR) is 174 cm³/mol. The molecule has 0 heterocycles. The molecule has 0 unspecified atom stereocenters. The number of hydrogen-bond acceptors (Lipinski definition) is 3. The Labute approximate surface area is 238 Å². The van der Waals surface area contributed by atoms with Gasteiger partial charge in [-0.2, -0.15) is 0 Å². The second-order valence-corrected chi connectivity index (χ2v) is 10.3. The summed E-state index contributed by atoms with van der Waals surface area (Å²) in [7, 11) is 1.67. The minimum atomic E-state index is 0.649. The van der Waals surface area contributed by atoms with Gasteiger partial charge in [-0.3, -0.25) is 0 Å². The van der Waals surface area contributed by atoms with Crippen molar-refractivity contribution in [1.82, 2.24) is 0 Å². The summed E-state index contributed by atoms with van der Waals surface area (Å²) in [5, 5.41) is 11.7. The molecule has 2 N–H and O–H groups in total. The SMILES string of the molecule is CN(N=O)c1cc(-c2c3ccccc3c(-c3ccc4ccccc4c3)c3ccccc23)ccc1-c1ccccc1N. The van der Waals surface area contributed by atoms with Crippen LogP contribution in [0.15, 0.2) is 139 Å². The Morgan fingerprint density at radius 2 is 1.05 bits per heavy atom. The van der Waals surface area contributed by atoms with E-state index in [1.807, 2.05) is 36.4 Å². The van der Waals surface area contributed by atoms with Gasteiger partial charge in [0.15, 0.2) is 0 Å². The first kappa shape index (κ1) is 24.6. The van der Waals surface area contributed by atoms with E-state index in [1.54, 1.807) is 7.05 Å². The fraction of sp³-hybridized carbons (Fsp3) is 0.0270. The van der Waals surface area contributed by atoms with E-state index in [0.29, 0.717) is 11.4 Å². The second-order valence-electron chi connectivity index (χ2n) is 10.3. The maximum atomic E-state index is 11.8. The van der Waals surface area contributed by atoms with E-state index in [9.17, 15) is 4.91 Å². The Balaban J connectivity index is 1.54. The quantitative estimate of drug-likeness (QED) is 0.104. The van der Waals surface area contributed by atoms with Gasteiger partial charge in [0.05, 0.1) is 11.0 Å². The number of rotatable bonds is 5. The van der Waals surface area contributed by atoms with Gasteiger partial charge in [0.25, 0.3) is 0 Å². The van der Waals surface area contributed by atoms with Gasteiger partial charge < -0.3 is 5.73 Å². The maximum absolute atomic E-state index is 11.8. The molecule has 0 radical (unpaired) electrons. The molecule has 196 valence electrons. The lowest BCUT2D eigenvalue weighted by atomic mass is 9.85. The summed E-state index contributed by atoms with van der Waals surface area (Å²) >= 11 is 0. The summed E-state index contributed by atoms with van der Waals surface area (Å²) in [5.41, 5.74) is 13.9. The molecular formula is C37H27N3O. The average molecular weight is 530 g/mol. The molecule has 0 saturated carbocycles. The minimum Gasteiger partial charge on any atom is -0.398 e. The number of nitroso groups, excluding NO2 is 1. The molecule has 7 aromatic carbocycles. The highest BCUT2D eigenvalue weighted by Gasteiger charge is 2.19. The molecule has 0 spiro atoms. The summed E-state index contributed by atoms with van der Waals surface area (Å²) < 4.78 is 0. The van der Waals surface area contributed by atoms with Crippen molar-refractivity contribution in [3.8, 4) is 33.4 Å². The summed E-state index contributed by atoms with van der Waals surface area (Å²) in [4.78, 5) is 11.8. The van der Waals surface area contributed by atoms with Crippen molar-refractivity contribution in [3.63, 3.8) is 0 Å². The van der Waals surface area contributed by atoms with Crippen LogP contribution >= 0.6 is 0 Å². The number of nitrogens with two attached hydrogens (primary N) is 1. The molecule has 0 aliphatic heterocycles. The highest BCUT2D eigenvalue weighted by Crippen LogP contribution is 2.46. The van der Waals surface area contributed by atoms with Crippen LogP contribution < -0.4 is 10.7 Å². The van der Waals surface area contributed by atoms with Crippen molar-refractivity contribution in [2.24, 2.45) is 5.29 Å². The monoisotopic (exact) mass is 529 g/mol. The second kappa shape index (κ2) is 9.92. The zero-order valence-electron chi connectivity index (χ0n) is 22.6. The van der Waals surface area contributed by atoms with E-state index in [2.05, 4.69) is 102 Å². The van der Waals surface area contributed by atoms with Crippen molar-refractivity contribution < 1.29 is 0 Å². The third kappa shape index (κ3) is 4.09. The number of nitrogen functional groups attached to an aromatic ring is 1. The maximum Gasteiger partial charge on any atom is 0.0708 e. The first-order valence-electron chi connectivity index (χ1n) is 13.6. The minimum absolute atomic E-state index is 0.649. The predicted octanol–water partition coefficient (Wildman–Crippen LogP) is 9.85. The first-order valence-corrected chi connectivity index (χ1v) is 13.6. The standard InChI is InChI=1S/C37H27N3O/c1-40(39-41)35-23-27(20-21-29(35)28-12-8-9-17-34(28)38)37-32-15-6-4-13-30(32)36(31-14-5-7-16-33(31)37)26-19-18-24-10-2-3-11-25(24)22-26/h2-23H,38H2,1H3. The Hall–Kier alpha value is -5.48.